The van der Waals surface area contributed by atoms with E-state index in [0.717, 1.165) is 11.0 Å². The van der Waals surface area contributed by atoms with Crippen LogP contribution in [0.5, 0.6) is 0 Å². The van der Waals surface area contributed by atoms with Crippen LogP contribution in [0, 0.1) is 0 Å². The molecule has 1 saturated heterocycles. The summed E-state index contributed by atoms with van der Waals surface area (Å²) in [5.41, 5.74) is -0.663. The third kappa shape index (κ3) is 2.72. The lowest BCUT2D eigenvalue weighted by molar-refractivity contribution is -0.138. The highest BCUT2D eigenvalue weighted by Crippen LogP contribution is 2.44. The number of nitrogens with zero attached hydrogens (tertiary/aromatic N) is 2. The maximum atomic E-state index is 13.6. The molecule has 1 fully saturated rings. The molecule has 2 atom stereocenters. The highest BCUT2D eigenvalue weighted by Gasteiger charge is 2.50. The zero-order chi connectivity index (χ0) is 19.3. The van der Waals surface area contributed by atoms with Crippen LogP contribution in [0.2, 0.25) is 0 Å². The van der Waals surface area contributed by atoms with Crippen molar-refractivity contribution in [3.63, 3.8) is 0 Å². The number of carboxylic acid groups (broad SMARTS) is 1. The Morgan fingerprint density at radius 2 is 1.74 bits per heavy atom. The zero-order valence-corrected chi connectivity index (χ0v) is 14.0. The molecule has 0 radical (unpaired) electrons. The number of alkyl halides is 3. The van der Waals surface area contributed by atoms with Crippen molar-refractivity contribution >= 4 is 17.7 Å². The Balaban J connectivity index is 1.92. The highest BCUT2D eigenvalue weighted by atomic mass is 19.4. The van der Waals surface area contributed by atoms with Crippen LogP contribution in [-0.4, -0.2) is 41.1 Å². The molecule has 4 rings (SSSR count). The predicted octanol–water partition coefficient (Wildman–Crippen LogP) is 3.81. The topological polar surface area (TPSA) is 60.9 Å². The quantitative estimate of drug-likeness (QED) is 0.823. The lowest BCUT2D eigenvalue weighted by Gasteiger charge is -2.38. The fraction of sp³-hybridized carbons (Fsp3) is 0.263. The first-order valence-electron chi connectivity index (χ1n) is 8.35. The van der Waals surface area contributed by atoms with E-state index in [4.69, 9.17) is 0 Å². The van der Waals surface area contributed by atoms with Crippen LogP contribution in [0.25, 0.3) is 0 Å². The van der Waals surface area contributed by atoms with E-state index in [-0.39, 0.29) is 24.2 Å². The summed E-state index contributed by atoms with van der Waals surface area (Å²) >= 11 is 0. The standard InChI is InChI=1S/C19H15F3N2O3/c20-19(21,22)14-8-4-7-12-13-9-23(18(26)27)10-15(13)24(17(25)16(12)14)11-5-2-1-3-6-11/h1-8,13,15H,9-10H2,(H,26,27). The number of rotatable bonds is 1. The number of anilines is 1. The third-order valence-corrected chi connectivity index (χ3v) is 5.16. The lowest BCUT2D eigenvalue weighted by Crippen LogP contribution is -2.49. The molecule has 2 unspecified atom stereocenters. The van der Waals surface area contributed by atoms with Crippen molar-refractivity contribution in [1.82, 2.24) is 4.90 Å². The van der Waals surface area contributed by atoms with Crippen molar-refractivity contribution in [2.75, 3.05) is 18.0 Å². The van der Waals surface area contributed by atoms with Crippen molar-refractivity contribution in [3.8, 4) is 0 Å². The second-order valence-electron chi connectivity index (χ2n) is 6.64. The van der Waals surface area contributed by atoms with Crippen molar-refractivity contribution in [2.45, 2.75) is 18.1 Å². The van der Waals surface area contributed by atoms with Gasteiger partial charge < -0.3 is 14.9 Å². The first-order chi connectivity index (χ1) is 12.8. The van der Waals surface area contributed by atoms with Gasteiger partial charge in [-0.1, -0.05) is 30.3 Å². The molecule has 2 heterocycles. The first-order valence-corrected chi connectivity index (χ1v) is 8.35. The van der Waals surface area contributed by atoms with Gasteiger partial charge in [0.05, 0.1) is 17.2 Å². The summed E-state index contributed by atoms with van der Waals surface area (Å²) < 4.78 is 40.7. The predicted molar refractivity (Wildman–Crippen MR) is 90.8 cm³/mol. The molecular weight excluding hydrogens is 361 g/mol. The molecule has 140 valence electrons. The van der Waals surface area contributed by atoms with Gasteiger partial charge >= 0.3 is 12.3 Å². The molecule has 2 aromatic carbocycles. The highest BCUT2D eigenvalue weighted by molar-refractivity contribution is 6.10. The summed E-state index contributed by atoms with van der Waals surface area (Å²) in [4.78, 5) is 27.1. The third-order valence-electron chi connectivity index (χ3n) is 5.16. The number of para-hydroxylation sites is 1. The minimum absolute atomic E-state index is 0.0466. The van der Waals surface area contributed by atoms with E-state index in [2.05, 4.69) is 0 Å². The Kier molecular flexibility index (Phi) is 3.87. The normalized spacial score (nSPS) is 21.8. The number of hydrogen-bond acceptors (Lipinski definition) is 2. The van der Waals surface area contributed by atoms with Crippen molar-refractivity contribution in [3.05, 3.63) is 65.2 Å². The average molecular weight is 376 g/mol. The molecule has 0 spiro atoms. The fourth-order valence-corrected chi connectivity index (χ4v) is 4.03. The van der Waals surface area contributed by atoms with Gasteiger partial charge in [0.2, 0.25) is 0 Å². The molecule has 2 amide bonds. The van der Waals surface area contributed by atoms with Gasteiger partial charge in [0.25, 0.3) is 5.91 Å². The monoisotopic (exact) mass is 376 g/mol. The Morgan fingerprint density at radius 1 is 1.04 bits per heavy atom. The number of carbonyl (C=O) groups excluding carboxylic acids is 1. The molecule has 8 heteroatoms. The molecule has 2 aliphatic heterocycles. The first kappa shape index (κ1) is 17.4. The van der Waals surface area contributed by atoms with E-state index in [1.807, 2.05) is 0 Å². The van der Waals surface area contributed by atoms with E-state index in [1.54, 1.807) is 30.3 Å². The summed E-state index contributed by atoms with van der Waals surface area (Å²) in [6, 6.07) is 11.5. The van der Waals surface area contributed by atoms with Crippen molar-refractivity contribution < 1.29 is 27.9 Å². The van der Waals surface area contributed by atoms with Crippen LogP contribution in [-0.2, 0) is 6.18 Å². The number of benzene rings is 2. The summed E-state index contributed by atoms with van der Waals surface area (Å²) in [6.07, 6.45) is -5.83. The number of halogens is 3. The second-order valence-corrected chi connectivity index (χ2v) is 6.64. The Morgan fingerprint density at radius 3 is 2.37 bits per heavy atom. The van der Waals surface area contributed by atoms with Gasteiger partial charge in [0.1, 0.15) is 0 Å². The number of amides is 2. The van der Waals surface area contributed by atoms with E-state index >= 15 is 0 Å². The molecular formula is C19H15F3N2O3. The maximum absolute atomic E-state index is 13.6. The number of hydrogen-bond donors (Lipinski definition) is 1. The Hall–Kier alpha value is -3.03. The fourth-order valence-electron chi connectivity index (χ4n) is 4.03. The second kappa shape index (κ2) is 6.00. The van der Waals surface area contributed by atoms with Gasteiger partial charge in [-0.2, -0.15) is 13.2 Å². The minimum Gasteiger partial charge on any atom is -0.465 e. The van der Waals surface area contributed by atoms with Gasteiger partial charge in [0.15, 0.2) is 0 Å². The van der Waals surface area contributed by atoms with Crippen molar-refractivity contribution in [1.29, 1.82) is 0 Å². The summed E-state index contributed by atoms with van der Waals surface area (Å²) in [5.74, 6) is -1.27. The summed E-state index contributed by atoms with van der Waals surface area (Å²) in [5, 5.41) is 9.36. The van der Waals surface area contributed by atoms with Gasteiger partial charge in [0, 0.05) is 24.7 Å². The largest absolute Gasteiger partial charge is 0.465 e. The van der Waals surface area contributed by atoms with Crippen molar-refractivity contribution in [2.24, 2.45) is 0 Å². The van der Waals surface area contributed by atoms with Crippen LogP contribution in [0.15, 0.2) is 48.5 Å². The zero-order valence-electron chi connectivity index (χ0n) is 14.0. The van der Waals surface area contributed by atoms with E-state index < -0.39 is 35.7 Å². The molecule has 0 aliphatic carbocycles. The number of likely N-dealkylation sites (tertiary alicyclic amines) is 1. The van der Waals surface area contributed by atoms with E-state index in [1.165, 1.54) is 17.0 Å². The van der Waals surface area contributed by atoms with Crippen LogP contribution >= 0.6 is 0 Å². The smallest absolute Gasteiger partial charge is 0.417 e. The summed E-state index contributed by atoms with van der Waals surface area (Å²) in [6.45, 7) is 0.0985. The van der Waals surface area contributed by atoms with Crippen LogP contribution < -0.4 is 4.90 Å². The van der Waals surface area contributed by atoms with Crippen LogP contribution in [0.4, 0.5) is 23.7 Å². The molecule has 2 aliphatic rings. The van der Waals surface area contributed by atoms with E-state index in [0.29, 0.717) is 5.69 Å². The van der Waals surface area contributed by atoms with Gasteiger partial charge in [-0.3, -0.25) is 4.79 Å². The maximum Gasteiger partial charge on any atom is 0.417 e. The van der Waals surface area contributed by atoms with Gasteiger partial charge in [-0.05, 0) is 23.8 Å². The molecule has 2 aromatic rings. The van der Waals surface area contributed by atoms with Gasteiger partial charge in [-0.15, -0.1) is 0 Å². The SMILES string of the molecule is O=C(O)N1CC2c3cccc(C(F)(F)F)c3C(=O)N(c3ccccc3)C2C1. The number of carbonyl (C=O) groups is 2. The minimum atomic E-state index is -4.68. The molecule has 5 nitrogen and oxygen atoms in total. The molecule has 0 saturated carbocycles. The average Bonchev–Trinajstić information content (AvgIpc) is 3.07. The Labute approximate surface area is 152 Å². The molecule has 0 bridgehead atoms. The molecule has 0 aromatic heterocycles. The van der Waals surface area contributed by atoms with E-state index in [9.17, 15) is 27.9 Å². The summed E-state index contributed by atoms with van der Waals surface area (Å²) in [7, 11) is 0. The molecule has 27 heavy (non-hydrogen) atoms. The number of fused-ring (bicyclic) bond motifs is 3. The van der Waals surface area contributed by atoms with Crippen LogP contribution in [0.3, 0.4) is 0 Å². The molecule has 1 N–H and O–H groups in total. The van der Waals surface area contributed by atoms with Crippen LogP contribution in [0.1, 0.15) is 27.4 Å². The Bertz CT molecular complexity index is 914. The van der Waals surface area contributed by atoms with Gasteiger partial charge in [-0.25, -0.2) is 4.79 Å². The lowest BCUT2D eigenvalue weighted by atomic mass is 9.82.